The molecule has 1 fully saturated rings. The van der Waals surface area contributed by atoms with Crippen molar-refractivity contribution in [3.63, 3.8) is 0 Å². The first-order valence-corrected chi connectivity index (χ1v) is 11.5. The minimum atomic E-state index is -0.330. The first-order valence-electron chi connectivity index (χ1n) is 11.5. The Labute approximate surface area is 186 Å². The summed E-state index contributed by atoms with van der Waals surface area (Å²) >= 11 is 0. The predicted octanol–water partition coefficient (Wildman–Crippen LogP) is 5.49. The normalized spacial score (nSPS) is 19.6. The van der Waals surface area contributed by atoms with Crippen LogP contribution in [0.5, 0.6) is 5.75 Å². The van der Waals surface area contributed by atoms with E-state index in [1.54, 1.807) is 0 Å². The minimum Gasteiger partial charge on any atom is -0.489 e. The molecule has 1 aliphatic carbocycles. The molecule has 3 aromatic rings. The van der Waals surface area contributed by atoms with E-state index in [0.29, 0.717) is 31.5 Å². The van der Waals surface area contributed by atoms with Crippen LogP contribution < -0.4 is 10.1 Å². The van der Waals surface area contributed by atoms with Crippen LogP contribution in [0.1, 0.15) is 48.3 Å². The smallest absolute Gasteiger partial charge is 0.119 e. The van der Waals surface area contributed by atoms with E-state index in [2.05, 4.69) is 53.8 Å². The van der Waals surface area contributed by atoms with Gasteiger partial charge in [0.1, 0.15) is 12.4 Å². The van der Waals surface area contributed by atoms with Gasteiger partial charge in [-0.2, -0.15) is 0 Å². The highest BCUT2D eigenvalue weighted by molar-refractivity contribution is 5.30. The van der Waals surface area contributed by atoms with Gasteiger partial charge in [-0.05, 0) is 66.8 Å². The molecular weight excluding hydrogens is 382 g/mol. The topological polar surface area (TPSA) is 41.5 Å². The summed E-state index contributed by atoms with van der Waals surface area (Å²) in [4.78, 5) is 0. The number of aliphatic hydroxyl groups excluding tert-OH is 1. The summed E-state index contributed by atoms with van der Waals surface area (Å²) in [5, 5.41) is 13.9. The number of rotatable bonds is 9. The van der Waals surface area contributed by atoms with E-state index in [4.69, 9.17) is 4.74 Å². The third kappa shape index (κ3) is 6.68. The molecule has 0 heterocycles. The van der Waals surface area contributed by atoms with E-state index >= 15 is 0 Å². The van der Waals surface area contributed by atoms with Gasteiger partial charge in [0.25, 0.3) is 0 Å². The van der Waals surface area contributed by atoms with Gasteiger partial charge in [-0.1, -0.05) is 72.8 Å². The molecular formula is C28H33NO2. The number of ether oxygens (including phenoxy) is 1. The number of nitrogens with one attached hydrogen (secondary N) is 1. The third-order valence-electron chi connectivity index (χ3n) is 6.28. The predicted molar refractivity (Wildman–Crippen MR) is 126 cm³/mol. The van der Waals surface area contributed by atoms with Gasteiger partial charge in [0.2, 0.25) is 0 Å². The zero-order chi connectivity index (χ0) is 21.3. The molecule has 1 atom stereocenters. The van der Waals surface area contributed by atoms with Gasteiger partial charge < -0.3 is 15.2 Å². The molecule has 1 saturated carbocycles. The van der Waals surface area contributed by atoms with Crippen LogP contribution in [0, 0.1) is 0 Å². The minimum absolute atomic E-state index is 0.330. The molecule has 2 N–H and O–H groups in total. The summed E-state index contributed by atoms with van der Waals surface area (Å²) in [5.74, 6) is 1.55. The number of hydrogen-bond acceptors (Lipinski definition) is 3. The van der Waals surface area contributed by atoms with Crippen molar-refractivity contribution >= 4 is 0 Å². The lowest BCUT2D eigenvalue weighted by Gasteiger charge is -2.30. The molecule has 162 valence electrons. The zero-order valence-electron chi connectivity index (χ0n) is 18.1. The Morgan fingerprint density at radius 1 is 0.774 bits per heavy atom. The van der Waals surface area contributed by atoms with Crippen molar-refractivity contribution in [3.8, 4) is 5.75 Å². The third-order valence-corrected chi connectivity index (χ3v) is 6.28. The second kappa shape index (κ2) is 11.1. The van der Waals surface area contributed by atoms with Crippen molar-refractivity contribution in [2.75, 3.05) is 6.54 Å². The fourth-order valence-corrected chi connectivity index (χ4v) is 4.47. The van der Waals surface area contributed by atoms with Gasteiger partial charge in [0, 0.05) is 12.6 Å². The standard InChI is InChI=1S/C28H33NO2/c30-27(19-22-7-3-1-4-8-22)20-29-26-15-11-24(12-16-26)25-13-17-28(18-14-25)31-21-23-9-5-2-6-10-23/h1-10,13-14,17-18,24,26-27,29-30H,11-12,15-16,19-21H2. The molecule has 0 aliphatic heterocycles. The first kappa shape index (κ1) is 21.6. The average Bonchev–Trinajstić information content (AvgIpc) is 2.83. The van der Waals surface area contributed by atoms with Crippen LogP contribution in [0.2, 0.25) is 0 Å². The Morgan fingerprint density at radius 3 is 2.03 bits per heavy atom. The molecule has 0 aromatic heterocycles. The fourth-order valence-electron chi connectivity index (χ4n) is 4.47. The van der Waals surface area contributed by atoms with Crippen molar-refractivity contribution in [1.82, 2.24) is 5.32 Å². The van der Waals surface area contributed by atoms with Crippen LogP contribution in [0.3, 0.4) is 0 Å². The van der Waals surface area contributed by atoms with Gasteiger partial charge in [-0.25, -0.2) is 0 Å². The van der Waals surface area contributed by atoms with E-state index in [1.807, 2.05) is 36.4 Å². The molecule has 1 aliphatic rings. The second-order valence-electron chi connectivity index (χ2n) is 8.64. The van der Waals surface area contributed by atoms with Crippen LogP contribution in [-0.4, -0.2) is 23.8 Å². The summed E-state index contributed by atoms with van der Waals surface area (Å²) in [6.07, 6.45) is 5.09. The Hall–Kier alpha value is -2.62. The van der Waals surface area contributed by atoms with Gasteiger partial charge in [0.15, 0.2) is 0 Å². The maximum atomic E-state index is 10.3. The summed E-state index contributed by atoms with van der Waals surface area (Å²) < 4.78 is 5.91. The van der Waals surface area contributed by atoms with Crippen LogP contribution in [0.4, 0.5) is 0 Å². The molecule has 4 rings (SSSR count). The maximum absolute atomic E-state index is 10.3. The summed E-state index contributed by atoms with van der Waals surface area (Å²) in [5.41, 5.74) is 3.79. The van der Waals surface area contributed by atoms with E-state index < -0.39 is 0 Å². The van der Waals surface area contributed by atoms with Crippen LogP contribution in [0.25, 0.3) is 0 Å². The van der Waals surface area contributed by atoms with Gasteiger partial charge in [0.05, 0.1) is 6.10 Å². The van der Waals surface area contributed by atoms with Crippen LogP contribution in [-0.2, 0) is 13.0 Å². The molecule has 1 unspecified atom stereocenters. The van der Waals surface area contributed by atoms with Crippen LogP contribution in [0.15, 0.2) is 84.9 Å². The highest BCUT2D eigenvalue weighted by Gasteiger charge is 2.22. The van der Waals surface area contributed by atoms with Gasteiger partial charge in [-0.3, -0.25) is 0 Å². The lowest BCUT2D eigenvalue weighted by Crippen LogP contribution is -2.38. The quantitative estimate of drug-likeness (QED) is 0.486. The summed E-state index contributed by atoms with van der Waals surface area (Å²) in [7, 11) is 0. The molecule has 0 radical (unpaired) electrons. The second-order valence-corrected chi connectivity index (χ2v) is 8.64. The zero-order valence-corrected chi connectivity index (χ0v) is 18.1. The highest BCUT2D eigenvalue weighted by Crippen LogP contribution is 2.33. The number of hydrogen-bond donors (Lipinski definition) is 2. The average molecular weight is 416 g/mol. The van der Waals surface area contributed by atoms with Crippen molar-refractivity contribution < 1.29 is 9.84 Å². The molecule has 0 bridgehead atoms. The van der Waals surface area contributed by atoms with Crippen molar-refractivity contribution in [2.24, 2.45) is 0 Å². The SMILES string of the molecule is OC(CNC1CCC(c2ccc(OCc3ccccc3)cc2)CC1)Cc1ccccc1. The highest BCUT2D eigenvalue weighted by atomic mass is 16.5. The summed E-state index contributed by atoms with van der Waals surface area (Å²) in [6.45, 7) is 1.27. The maximum Gasteiger partial charge on any atom is 0.119 e. The fraction of sp³-hybridized carbons (Fsp3) is 0.357. The molecule has 3 nitrogen and oxygen atoms in total. The van der Waals surface area contributed by atoms with Crippen LogP contribution >= 0.6 is 0 Å². The Bertz CT molecular complexity index is 887. The van der Waals surface area contributed by atoms with E-state index in [0.717, 1.165) is 18.6 Å². The number of aliphatic hydroxyl groups is 1. The summed E-state index contributed by atoms with van der Waals surface area (Å²) in [6, 6.07) is 29.6. The van der Waals surface area contributed by atoms with Gasteiger partial charge in [-0.15, -0.1) is 0 Å². The molecule has 31 heavy (non-hydrogen) atoms. The van der Waals surface area contributed by atoms with E-state index in [-0.39, 0.29) is 6.10 Å². The van der Waals surface area contributed by atoms with Crippen molar-refractivity contribution in [1.29, 1.82) is 0 Å². The molecule has 0 spiro atoms. The number of benzene rings is 3. The Morgan fingerprint density at radius 2 is 1.39 bits per heavy atom. The lowest BCUT2D eigenvalue weighted by molar-refractivity contribution is 0.162. The molecule has 0 saturated heterocycles. The van der Waals surface area contributed by atoms with Crippen molar-refractivity contribution in [3.05, 3.63) is 102 Å². The molecule has 0 amide bonds. The first-order chi connectivity index (χ1) is 15.3. The Kier molecular flexibility index (Phi) is 7.76. The largest absolute Gasteiger partial charge is 0.489 e. The van der Waals surface area contributed by atoms with E-state index in [1.165, 1.54) is 29.5 Å². The Balaban J connectivity index is 1.18. The van der Waals surface area contributed by atoms with E-state index in [9.17, 15) is 5.11 Å². The molecule has 3 heteroatoms. The monoisotopic (exact) mass is 415 g/mol. The van der Waals surface area contributed by atoms with Crippen molar-refractivity contribution in [2.45, 2.75) is 56.8 Å². The van der Waals surface area contributed by atoms with Gasteiger partial charge >= 0.3 is 0 Å². The lowest BCUT2D eigenvalue weighted by atomic mass is 9.81. The molecule has 3 aromatic carbocycles.